The summed E-state index contributed by atoms with van der Waals surface area (Å²) in [5.74, 6) is -0.342. The number of fused-ring (bicyclic) bond motifs is 1. The molecule has 0 bridgehead atoms. The highest BCUT2D eigenvalue weighted by atomic mass is 35.5. The molecule has 5 nitrogen and oxygen atoms in total. The third kappa shape index (κ3) is 3.90. The second-order valence-corrected chi connectivity index (χ2v) is 9.85. The van der Waals surface area contributed by atoms with Crippen molar-refractivity contribution < 1.29 is 9.28 Å². The van der Waals surface area contributed by atoms with E-state index in [4.69, 9.17) is 0 Å². The fourth-order valence-corrected chi connectivity index (χ4v) is 6.13. The topological polar surface area (TPSA) is 78.0 Å². The fourth-order valence-electron chi connectivity index (χ4n) is 3.49. The van der Waals surface area contributed by atoms with Crippen LogP contribution in [-0.4, -0.2) is 40.5 Å². The molecule has 4 rings (SSSR count). The molecule has 0 radical (unpaired) electrons. The van der Waals surface area contributed by atoms with Gasteiger partial charge in [-0.25, -0.2) is 14.4 Å². The van der Waals surface area contributed by atoms with Crippen molar-refractivity contribution in [2.75, 3.05) is 25.4 Å². The van der Waals surface area contributed by atoms with Gasteiger partial charge >= 0.3 is 0 Å². The van der Waals surface area contributed by atoms with Crippen LogP contribution >= 0.6 is 19.9 Å². The van der Waals surface area contributed by atoms with Crippen molar-refractivity contribution >= 4 is 36.0 Å². The van der Waals surface area contributed by atoms with Gasteiger partial charge in [0.25, 0.3) is 5.56 Å². The lowest BCUT2D eigenvalue weighted by Crippen LogP contribution is -2.36. The molecule has 1 fully saturated rings. The molecule has 8 heteroatoms. The minimum Gasteiger partial charge on any atom is -0.309 e. The first-order chi connectivity index (χ1) is 12.6. The fraction of sp³-hybridized carbons (Fsp3) is 0.263. The van der Waals surface area contributed by atoms with Gasteiger partial charge in [0, 0.05) is 24.9 Å². The Balaban J connectivity index is 0.00000210. The number of nitrogens with zero attached hydrogens (tertiary/aromatic N) is 1. The molecule has 3 aromatic rings. The summed E-state index contributed by atoms with van der Waals surface area (Å²) in [6, 6.07) is 12.2. The molecule has 0 atom stereocenters. The predicted molar refractivity (Wildman–Crippen MR) is 110 cm³/mol. The van der Waals surface area contributed by atoms with Crippen LogP contribution in [0.2, 0.25) is 0 Å². The van der Waals surface area contributed by atoms with E-state index in [1.54, 1.807) is 18.2 Å². The van der Waals surface area contributed by atoms with Gasteiger partial charge in [-0.3, -0.25) is 4.79 Å². The van der Waals surface area contributed by atoms with Gasteiger partial charge in [-0.1, -0.05) is 24.3 Å². The van der Waals surface area contributed by atoms with Crippen LogP contribution < -0.4 is 16.2 Å². The molecular formula is C19H21ClFN3O2P+. The number of halogens is 2. The second kappa shape index (κ2) is 8.03. The molecule has 0 unspecified atom stereocenters. The van der Waals surface area contributed by atoms with Gasteiger partial charge < -0.3 is 5.32 Å². The highest BCUT2D eigenvalue weighted by Gasteiger charge is 2.42. The summed E-state index contributed by atoms with van der Waals surface area (Å²) in [4.78, 5) is 22.9. The Morgan fingerprint density at radius 3 is 2.56 bits per heavy atom. The number of benzene rings is 2. The van der Waals surface area contributed by atoms with Gasteiger partial charge in [0.1, 0.15) is 12.3 Å². The van der Waals surface area contributed by atoms with Crippen molar-refractivity contribution in [1.29, 1.82) is 0 Å². The van der Waals surface area contributed by atoms with Crippen molar-refractivity contribution in [2.45, 2.75) is 6.42 Å². The Kier molecular flexibility index (Phi) is 5.92. The lowest BCUT2D eigenvalue weighted by atomic mass is 10.0. The Bertz CT molecular complexity index is 1020. The summed E-state index contributed by atoms with van der Waals surface area (Å²) in [7, 11) is -2.46. The number of H-pyrrole nitrogens is 1. The second-order valence-electron chi connectivity index (χ2n) is 6.63. The maximum atomic E-state index is 14.4. The number of aromatic nitrogens is 2. The van der Waals surface area contributed by atoms with Crippen molar-refractivity contribution in [3.63, 3.8) is 0 Å². The Morgan fingerprint density at radius 1 is 1.11 bits per heavy atom. The monoisotopic (exact) mass is 408 g/mol. The average Bonchev–Trinajstić information content (AvgIpc) is 2.66. The third-order valence-electron chi connectivity index (χ3n) is 4.92. The van der Waals surface area contributed by atoms with Crippen LogP contribution in [0.5, 0.6) is 0 Å². The molecule has 0 aliphatic carbocycles. The SMILES string of the molecule is Cl.O=c1[nH]nc(Cc2ccc(F)c([P+]3(O)CCNCC3)c2)c2ccccc12. The van der Waals surface area contributed by atoms with Gasteiger partial charge in [-0.2, -0.15) is 5.10 Å². The highest BCUT2D eigenvalue weighted by Crippen LogP contribution is 2.54. The summed E-state index contributed by atoms with van der Waals surface area (Å²) in [5, 5.41) is 11.8. The normalized spacial score (nSPS) is 16.1. The minimum atomic E-state index is -2.46. The van der Waals surface area contributed by atoms with E-state index in [9.17, 15) is 14.1 Å². The molecule has 2 heterocycles. The third-order valence-corrected chi connectivity index (χ3v) is 8.09. The van der Waals surface area contributed by atoms with E-state index in [1.165, 1.54) is 6.07 Å². The lowest BCUT2D eigenvalue weighted by Gasteiger charge is -2.25. The molecule has 3 N–H and O–H groups in total. The Labute approximate surface area is 162 Å². The van der Waals surface area contributed by atoms with Gasteiger partial charge in [0.05, 0.1) is 11.1 Å². The largest absolute Gasteiger partial charge is 0.309 e. The molecule has 0 amide bonds. The van der Waals surface area contributed by atoms with Crippen LogP contribution in [0.1, 0.15) is 11.3 Å². The zero-order valence-electron chi connectivity index (χ0n) is 14.6. The molecular weight excluding hydrogens is 388 g/mol. The standard InChI is InChI=1S/C19H19FN3O2P.ClH/c20-16-6-5-13(12-18(16)26(25)9-7-21-8-10-26)11-17-14-3-1-2-4-15(14)19(24)23-22-17;/h1-6,12,21,25H,7-11H2;1H/p+1. The van der Waals surface area contributed by atoms with Crippen LogP contribution in [0.4, 0.5) is 4.39 Å². The van der Waals surface area contributed by atoms with Crippen LogP contribution in [0.25, 0.3) is 10.8 Å². The molecule has 1 aliphatic rings. The van der Waals surface area contributed by atoms with Crippen molar-refractivity contribution in [1.82, 2.24) is 15.5 Å². The van der Waals surface area contributed by atoms with Crippen LogP contribution in [-0.2, 0) is 6.42 Å². The smallest absolute Gasteiger partial charge is 0.272 e. The number of nitrogens with one attached hydrogen (secondary N) is 2. The molecule has 27 heavy (non-hydrogen) atoms. The first-order valence-electron chi connectivity index (χ1n) is 8.63. The molecule has 1 saturated heterocycles. The van der Waals surface area contributed by atoms with Gasteiger partial charge in [0.2, 0.25) is 0 Å². The van der Waals surface area contributed by atoms with Gasteiger partial charge in [0.15, 0.2) is 18.6 Å². The molecule has 1 aliphatic heterocycles. The lowest BCUT2D eigenvalue weighted by molar-refractivity contribution is 0.576. The first-order valence-corrected chi connectivity index (χ1v) is 10.7. The van der Waals surface area contributed by atoms with Crippen molar-refractivity contribution in [3.05, 3.63) is 69.9 Å². The van der Waals surface area contributed by atoms with E-state index in [2.05, 4.69) is 15.5 Å². The van der Waals surface area contributed by atoms with E-state index < -0.39 is 7.49 Å². The number of hydrogen-bond acceptors (Lipinski definition) is 4. The maximum Gasteiger partial charge on any atom is 0.272 e. The van der Waals surface area contributed by atoms with Gasteiger partial charge in [-0.15, -0.1) is 12.4 Å². The highest BCUT2D eigenvalue weighted by molar-refractivity contribution is 7.77. The summed E-state index contributed by atoms with van der Waals surface area (Å²) in [6.07, 6.45) is 1.64. The summed E-state index contributed by atoms with van der Waals surface area (Å²) in [5.41, 5.74) is 1.38. The average molecular weight is 409 g/mol. The number of hydrogen-bond donors (Lipinski definition) is 3. The van der Waals surface area contributed by atoms with E-state index in [0.717, 1.165) is 16.6 Å². The van der Waals surface area contributed by atoms with Crippen LogP contribution in [0.3, 0.4) is 0 Å². The van der Waals surface area contributed by atoms with E-state index in [0.29, 0.717) is 42.5 Å². The quantitative estimate of drug-likeness (QED) is 0.581. The number of rotatable bonds is 3. The zero-order valence-corrected chi connectivity index (χ0v) is 16.3. The summed E-state index contributed by atoms with van der Waals surface area (Å²) < 4.78 is 14.4. The Hall–Kier alpha value is -1.85. The van der Waals surface area contributed by atoms with E-state index in [1.807, 2.05) is 18.2 Å². The molecule has 142 valence electrons. The van der Waals surface area contributed by atoms with E-state index >= 15 is 0 Å². The molecule has 2 aromatic carbocycles. The molecule has 0 spiro atoms. The maximum absolute atomic E-state index is 14.4. The van der Waals surface area contributed by atoms with Gasteiger partial charge in [-0.05, 0) is 23.8 Å². The van der Waals surface area contributed by atoms with Crippen LogP contribution in [0, 0.1) is 5.82 Å². The summed E-state index contributed by atoms with van der Waals surface area (Å²) >= 11 is 0. The zero-order chi connectivity index (χ0) is 18.1. The van der Waals surface area contributed by atoms with Crippen LogP contribution in [0.15, 0.2) is 47.3 Å². The molecule has 1 aromatic heterocycles. The first kappa shape index (κ1) is 19.9. The minimum absolute atomic E-state index is 0. The summed E-state index contributed by atoms with van der Waals surface area (Å²) in [6.45, 7) is 1.42. The van der Waals surface area contributed by atoms with Crippen molar-refractivity contribution in [2.24, 2.45) is 0 Å². The predicted octanol–water partition coefficient (Wildman–Crippen LogP) is 2.23. The van der Waals surface area contributed by atoms with Crippen molar-refractivity contribution in [3.8, 4) is 0 Å². The number of aromatic amines is 1. The molecule has 0 saturated carbocycles. The van der Waals surface area contributed by atoms with E-state index in [-0.39, 0.29) is 23.8 Å². The Morgan fingerprint density at radius 2 is 1.81 bits per heavy atom.